The maximum Gasteiger partial charge on any atom is 0.253 e. The van der Waals surface area contributed by atoms with Gasteiger partial charge in [-0.1, -0.05) is 12.1 Å². The minimum atomic E-state index is -0.141. The number of carbonyl (C=O) groups excluding carboxylic acids is 1. The van der Waals surface area contributed by atoms with E-state index >= 15 is 0 Å². The average molecular weight is 336 g/mol. The van der Waals surface area contributed by atoms with Crippen molar-refractivity contribution in [3.8, 4) is 5.82 Å². The lowest BCUT2D eigenvalue weighted by Crippen LogP contribution is -2.24. The number of nitrogens with zero attached hydrogens (tertiary/aromatic N) is 5. The molecule has 0 saturated carbocycles. The predicted octanol–water partition coefficient (Wildman–Crippen LogP) is 2.20. The second kappa shape index (κ2) is 6.17. The molecule has 0 atom stereocenters. The molecular formula is C16H12N6OS. The molecule has 7 nitrogen and oxygen atoms in total. The molecule has 0 unspecified atom stereocenters. The predicted molar refractivity (Wildman–Crippen MR) is 89.9 cm³/mol. The SMILES string of the molecule is O=C(NCc1cccnc1-n1cncn1)c1cccc2ncsc12. The van der Waals surface area contributed by atoms with Gasteiger partial charge in [-0.25, -0.2) is 19.6 Å². The van der Waals surface area contributed by atoms with Crippen LogP contribution in [0.3, 0.4) is 0 Å². The standard InChI is InChI=1S/C16H12N6OS/c23-16(12-4-1-5-13-14(12)24-10-20-13)19-7-11-3-2-6-18-15(11)22-9-17-8-21-22/h1-6,8-10H,7H2,(H,19,23). The number of benzene rings is 1. The van der Waals surface area contributed by atoms with Gasteiger partial charge < -0.3 is 5.32 Å². The van der Waals surface area contributed by atoms with Gasteiger partial charge in [0.1, 0.15) is 12.7 Å². The molecule has 0 radical (unpaired) electrons. The van der Waals surface area contributed by atoms with Crippen molar-refractivity contribution in [3.63, 3.8) is 0 Å². The van der Waals surface area contributed by atoms with Gasteiger partial charge in [0.15, 0.2) is 5.82 Å². The molecule has 118 valence electrons. The number of carbonyl (C=O) groups is 1. The lowest BCUT2D eigenvalue weighted by atomic mass is 10.2. The minimum Gasteiger partial charge on any atom is -0.348 e. The fourth-order valence-corrected chi connectivity index (χ4v) is 3.23. The molecule has 3 heterocycles. The van der Waals surface area contributed by atoms with E-state index in [-0.39, 0.29) is 5.91 Å². The van der Waals surface area contributed by atoms with Crippen molar-refractivity contribution in [2.75, 3.05) is 0 Å². The highest BCUT2D eigenvalue weighted by atomic mass is 32.1. The van der Waals surface area contributed by atoms with E-state index in [1.165, 1.54) is 17.7 Å². The van der Waals surface area contributed by atoms with Gasteiger partial charge in [-0.3, -0.25) is 4.79 Å². The van der Waals surface area contributed by atoms with Crippen molar-refractivity contribution in [3.05, 3.63) is 65.8 Å². The van der Waals surface area contributed by atoms with Crippen molar-refractivity contribution < 1.29 is 4.79 Å². The van der Waals surface area contributed by atoms with Crippen molar-refractivity contribution in [1.29, 1.82) is 0 Å². The Kier molecular flexibility index (Phi) is 3.72. The maximum absolute atomic E-state index is 12.5. The lowest BCUT2D eigenvalue weighted by Gasteiger charge is -2.09. The Labute approximate surface area is 141 Å². The van der Waals surface area contributed by atoms with E-state index in [9.17, 15) is 4.79 Å². The third-order valence-electron chi connectivity index (χ3n) is 3.54. The van der Waals surface area contributed by atoms with Gasteiger partial charge in [0.25, 0.3) is 5.91 Å². The second-order valence-electron chi connectivity index (χ2n) is 5.02. The summed E-state index contributed by atoms with van der Waals surface area (Å²) in [5, 5.41) is 7.03. The zero-order chi connectivity index (χ0) is 16.4. The maximum atomic E-state index is 12.5. The van der Waals surface area contributed by atoms with Crippen LogP contribution in [0, 0.1) is 0 Å². The molecule has 4 aromatic rings. The van der Waals surface area contributed by atoms with Crippen LogP contribution in [-0.4, -0.2) is 30.6 Å². The number of fused-ring (bicyclic) bond motifs is 1. The van der Waals surface area contributed by atoms with E-state index < -0.39 is 0 Å². The Morgan fingerprint density at radius 1 is 1.21 bits per heavy atom. The van der Waals surface area contributed by atoms with E-state index in [1.54, 1.807) is 28.8 Å². The van der Waals surface area contributed by atoms with Gasteiger partial charge in [0.2, 0.25) is 0 Å². The van der Waals surface area contributed by atoms with Crippen LogP contribution in [0.4, 0.5) is 0 Å². The van der Waals surface area contributed by atoms with Crippen LogP contribution >= 0.6 is 11.3 Å². The molecule has 0 aliphatic heterocycles. The highest BCUT2D eigenvalue weighted by molar-refractivity contribution is 7.17. The molecule has 8 heteroatoms. The molecule has 0 fully saturated rings. The Morgan fingerprint density at radius 2 is 2.17 bits per heavy atom. The molecule has 3 aromatic heterocycles. The fraction of sp³-hybridized carbons (Fsp3) is 0.0625. The number of nitrogens with one attached hydrogen (secondary N) is 1. The summed E-state index contributed by atoms with van der Waals surface area (Å²) in [6.45, 7) is 0.344. The molecular weight excluding hydrogens is 324 g/mol. The second-order valence-corrected chi connectivity index (χ2v) is 5.87. The number of hydrogen-bond donors (Lipinski definition) is 1. The highest BCUT2D eigenvalue weighted by Crippen LogP contribution is 2.22. The smallest absolute Gasteiger partial charge is 0.253 e. The van der Waals surface area contributed by atoms with Gasteiger partial charge >= 0.3 is 0 Å². The Morgan fingerprint density at radius 3 is 3.04 bits per heavy atom. The van der Waals surface area contributed by atoms with Crippen LogP contribution in [-0.2, 0) is 6.54 Å². The molecule has 0 bridgehead atoms. The highest BCUT2D eigenvalue weighted by Gasteiger charge is 2.13. The zero-order valence-corrected chi connectivity index (χ0v) is 13.3. The van der Waals surface area contributed by atoms with Crippen molar-refractivity contribution >= 4 is 27.5 Å². The summed E-state index contributed by atoms with van der Waals surface area (Å²) in [5.41, 5.74) is 4.05. The van der Waals surface area contributed by atoms with E-state index in [0.29, 0.717) is 17.9 Å². The molecule has 0 saturated heterocycles. The molecule has 0 spiro atoms. The van der Waals surface area contributed by atoms with Gasteiger partial charge in [-0.2, -0.15) is 5.10 Å². The summed E-state index contributed by atoms with van der Waals surface area (Å²) >= 11 is 1.46. The Hall–Kier alpha value is -3.13. The quantitative estimate of drug-likeness (QED) is 0.617. The largest absolute Gasteiger partial charge is 0.348 e. The molecule has 4 rings (SSSR count). The molecule has 1 aromatic carbocycles. The zero-order valence-electron chi connectivity index (χ0n) is 12.5. The molecule has 1 N–H and O–H groups in total. The first kappa shape index (κ1) is 14.5. The van der Waals surface area contributed by atoms with Crippen molar-refractivity contribution in [1.82, 2.24) is 30.0 Å². The number of hydrogen-bond acceptors (Lipinski definition) is 6. The topological polar surface area (TPSA) is 85.6 Å². The third kappa shape index (κ3) is 2.63. The van der Waals surface area contributed by atoms with E-state index in [4.69, 9.17) is 0 Å². The lowest BCUT2D eigenvalue weighted by molar-refractivity contribution is 0.0952. The number of thiazole rings is 1. The van der Waals surface area contributed by atoms with Gasteiger partial charge in [-0.05, 0) is 18.2 Å². The van der Waals surface area contributed by atoms with E-state index in [1.807, 2.05) is 24.3 Å². The number of pyridine rings is 1. The van der Waals surface area contributed by atoms with Gasteiger partial charge in [0, 0.05) is 18.3 Å². The molecule has 24 heavy (non-hydrogen) atoms. The van der Waals surface area contributed by atoms with Crippen LogP contribution in [0.1, 0.15) is 15.9 Å². The molecule has 0 aliphatic rings. The van der Waals surface area contributed by atoms with Crippen molar-refractivity contribution in [2.24, 2.45) is 0 Å². The summed E-state index contributed by atoms with van der Waals surface area (Å²) < 4.78 is 2.46. The first-order valence-electron chi connectivity index (χ1n) is 7.22. The number of amides is 1. The van der Waals surface area contributed by atoms with Crippen LogP contribution in [0.5, 0.6) is 0 Å². The number of aromatic nitrogens is 5. The summed E-state index contributed by atoms with van der Waals surface area (Å²) in [6.07, 6.45) is 4.70. The number of rotatable bonds is 4. The van der Waals surface area contributed by atoms with Crippen molar-refractivity contribution in [2.45, 2.75) is 6.54 Å². The Bertz CT molecular complexity index is 995. The summed E-state index contributed by atoms with van der Waals surface area (Å²) in [7, 11) is 0. The first-order valence-corrected chi connectivity index (χ1v) is 8.10. The van der Waals surface area contributed by atoms with Crippen LogP contribution in [0.25, 0.3) is 16.0 Å². The van der Waals surface area contributed by atoms with E-state index in [2.05, 4.69) is 25.4 Å². The summed E-state index contributed by atoms with van der Waals surface area (Å²) in [4.78, 5) is 25.0. The summed E-state index contributed by atoms with van der Waals surface area (Å²) in [6, 6.07) is 9.26. The molecule has 1 amide bonds. The Balaban J connectivity index is 1.58. The summed E-state index contributed by atoms with van der Waals surface area (Å²) in [5.74, 6) is 0.504. The van der Waals surface area contributed by atoms with Gasteiger partial charge in [-0.15, -0.1) is 11.3 Å². The van der Waals surface area contributed by atoms with Crippen LogP contribution in [0.15, 0.2) is 54.7 Å². The van der Waals surface area contributed by atoms with Gasteiger partial charge in [0.05, 0.1) is 21.3 Å². The normalized spacial score (nSPS) is 10.8. The van der Waals surface area contributed by atoms with E-state index in [0.717, 1.165) is 15.8 Å². The fourth-order valence-electron chi connectivity index (χ4n) is 2.43. The monoisotopic (exact) mass is 336 g/mol. The van der Waals surface area contributed by atoms with Crippen LogP contribution < -0.4 is 5.32 Å². The third-order valence-corrected chi connectivity index (χ3v) is 4.42. The first-order chi connectivity index (χ1) is 11.8. The average Bonchev–Trinajstić information content (AvgIpc) is 3.30. The van der Waals surface area contributed by atoms with Crippen LogP contribution in [0.2, 0.25) is 0 Å². The molecule has 0 aliphatic carbocycles. The minimum absolute atomic E-state index is 0.141.